The molecule has 0 aromatic rings. The van der Waals surface area contributed by atoms with E-state index >= 15 is 0 Å². The Bertz CT molecular complexity index is 306. The summed E-state index contributed by atoms with van der Waals surface area (Å²) in [7, 11) is -3.97. The maximum atomic E-state index is 10.6. The second kappa shape index (κ2) is 4.38. The summed E-state index contributed by atoms with van der Waals surface area (Å²) in [6.07, 6.45) is 0.139. The number of nitrogens with two attached hydrogens (primary N) is 1. The molecular formula is C7H13NO4S. The monoisotopic (exact) mass is 207 g/mol. The summed E-state index contributed by atoms with van der Waals surface area (Å²) in [6.45, 7) is 5.03. The molecule has 0 bridgehead atoms. The lowest BCUT2D eigenvalue weighted by atomic mass is 10.00. The van der Waals surface area contributed by atoms with Gasteiger partial charge in [0.25, 0.3) is 10.1 Å². The van der Waals surface area contributed by atoms with E-state index in [-0.39, 0.29) is 23.7 Å². The molecule has 1 atom stereocenters. The Morgan fingerprint density at radius 1 is 1.62 bits per heavy atom. The van der Waals surface area contributed by atoms with Crippen LogP contribution in [0.1, 0.15) is 13.3 Å². The molecule has 1 amide bonds. The van der Waals surface area contributed by atoms with Gasteiger partial charge in [0.05, 0.1) is 5.75 Å². The zero-order valence-electron chi connectivity index (χ0n) is 7.36. The number of hydrogen-bond acceptors (Lipinski definition) is 3. The molecule has 0 aliphatic carbocycles. The van der Waals surface area contributed by atoms with Crippen molar-refractivity contribution in [1.29, 1.82) is 0 Å². The molecule has 1 unspecified atom stereocenters. The minimum Gasteiger partial charge on any atom is -0.366 e. The number of rotatable bonds is 5. The second-order valence-electron chi connectivity index (χ2n) is 2.87. The molecule has 0 aromatic heterocycles. The molecule has 0 saturated carbocycles. The van der Waals surface area contributed by atoms with Gasteiger partial charge in [0.1, 0.15) is 0 Å². The summed E-state index contributed by atoms with van der Waals surface area (Å²) in [6, 6.07) is 0. The third kappa shape index (κ3) is 5.37. The molecule has 6 heteroatoms. The first kappa shape index (κ1) is 12.1. The van der Waals surface area contributed by atoms with Crippen LogP contribution in [0.15, 0.2) is 12.2 Å². The molecule has 76 valence electrons. The Labute approximate surface area is 77.4 Å². The van der Waals surface area contributed by atoms with Crippen molar-refractivity contribution in [2.75, 3.05) is 5.75 Å². The molecule has 0 spiro atoms. The topological polar surface area (TPSA) is 97.5 Å². The summed E-state index contributed by atoms with van der Waals surface area (Å²) in [5, 5.41) is 0. The van der Waals surface area contributed by atoms with E-state index in [0.717, 1.165) is 0 Å². The van der Waals surface area contributed by atoms with Crippen LogP contribution in [0.2, 0.25) is 0 Å². The van der Waals surface area contributed by atoms with Gasteiger partial charge in [0, 0.05) is 5.57 Å². The average molecular weight is 207 g/mol. The van der Waals surface area contributed by atoms with Crippen LogP contribution in [0, 0.1) is 5.92 Å². The van der Waals surface area contributed by atoms with Gasteiger partial charge >= 0.3 is 0 Å². The van der Waals surface area contributed by atoms with Crippen molar-refractivity contribution in [3.63, 3.8) is 0 Å². The third-order valence-corrected chi connectivity index (χ3v) is 2.47. The summed E-state index contributed by atoms with van der Waals surface area (Å²) in [4.78, 5) is 10.6. The maximum Gasteiger partial charge on any atom is 0.264 e. The Morgan fingerprint density at radius 2 is 2.08 bits per heavy atom. The van der Waals surface area contributed by atoms with Crippen LogP contribution in [0.3, 0.4) is 0 Å². The zero-order valence-corrected chi connectivity index (χ0v) is 8.17. The maximum absolute atomic E-state index is 10.6. The number of hydrogen-bond donors (Lipinski definition) is 2. The lowest BCUT2D eigenvalue weighted by Gasteiger charge is -2.09. The molecule has 0 fully saturated rings. The van der Waals surface area contributed by atoms with Crippen LogP contribution in [-0.4, -0.2) is 24.6 Å². The molecule has 0 radical (unpaired) electrons. The molecule has 3 N–H and O–H groups in total. The van der Waals surface area contributed by atoms with Crippen LogP contribution in [0.5, 0.6) is 0 Å². The van der Waals surface area contributed by atoms with Crippen molar-refractivity contribution in [2.24, 2.45) is 11.7 Å². The fourth-order valence-electron chi connectivity index (χ4n) is 0.743. The highest BCUT2D eigenvalue weighted by molar-refractivity contribution is 7.85. The van der Waals surface area contributed by atoms with Gasteiger partial charge in [-0.1, -0.05) is 13.5 Å². The fraction of sp³-hybridized carbons (Fsp3) is 0.571. The first-order chi connectivity index (χ1) is 5.74. The van der Waals surface area contributed by atoms with E-state index in [4.69, 9.17) is 10.3 Å². The minimum absolute atomic E-state index is 0.139. The third-order valence-electron chi connectivity index (χ3n) is 1.72. The van der Waals surface area contributed by atoms with Crippen molar-refractivity contribution in [2.45, 2.75) is 13.3 Å². The van der Waals surface area contributed by atoms with Crippen LogP contribution in [0.4, 0.5) is 0 Å². The largest absolute Gasteiger partial charge is 0.366 e. The Hall–Kier alpha value is -0.880. The van der Waals surface area contributed by atoms with Gasteiger partial charge in [-0.15, -0.1) is 0 Å². The molecule has 13 heavy (non-hydrogen) atoms. The van der Waals surface area contributed by atoms with Crippen LogP contribution in [0.25, 0.3) is 0 Å². The molecule has 5 nitrogen and oxygen atoms in total. The summed E-state index contributed by atoms with van der Waals surface area (Å²) in [5.41, 5.74) is 5.10. The first-order valence-corrected chi connectivity index (χ1v) is 5.28. The van der Waals surface area contributed by atoms with Gasteiger partial charge in [-0.25, -0.2) is 0 Å². The zero-order chi connectivity index (χ0) is 10.6. The van der Waals surface area contributed by atoms with E-state index in [1.54, 1.807) is 6.92 Å². The van der Waals surface area contributed by atoms with Gasteiger partial charge in [0.2, 0.25) is 5.91 Å². The second-order valence-corrected chi connectivity index (χ2v) is 4.44. The highest BCUT2D eigenvalue weighted by Gasteiger charge is 2.14. The van der Waals surface area contributed by atoms with Crippen molar-refractivity contribution >= 4 is 16.0 Å². The van der Waals surface area contributed by atoms with Gasteiger partial charge < -0.3 is 5.73 Å². The lowest BCUT2D eigenvalue weighted by Crippen LogP contribution is -2.20. The summed E-state index contributed by atoms with van der Waals surface area (Å²) < 4.78 is 29.1. The molecule has 0 heterocycles. The summed E-state index contributed by atoms with van der Waals surface area (Å²) >= 11 is 0. The number of carbonyl (C=O) groups excluding carboxylic acids is 1. The van der Waals surface area contributed by atoms with Gasteiger partial charge in [0.15, 0.2) is 0 Å². The van der Waals surface area contributed by atoms with E-state index in [0.29, 0.717) is 0 Å². The smallest absolute Gasteiger partial charge is 0.264 e. The molecular weight excluding hydrogens is 194 g/mol. The Balaban J connectivity index is 4.10. The lowest BCUT2D eigenvalue weighted by molar-refractivity contribution is -0.115. The summed E-state index contributed by atoms with van der Waals surface area (Å²) in [5.74, 6) is -1.37. The Morgan fingerprint density at radius 3 is 2.38 bits per heavy atom. The molecule has 0 aromatic carbocycles. The molecule has 0 aliphatic heterocycles. The SMILES string of the molecule is C=C(C(N)=O)C(C)CCS(=O)(=O)O. The van der Waals surface area contributed by atoms with E-state index in [1.807, 2.05) is 0 Å². The number of carbonyl (C=O) groups is 1. The Kier molecular flexibility index (Phi) is 4.09. The van der Waals surface area contributed by atoms with Crippen molar-refractivity contribution in [3.05, 3.63) is 12.2 Å². The predicted molar refractivity (Wildman–Crippen MR) is 48.5 cm³/mol. The van der Waals surface area contributed by atoms with E-state index in [2.05, 4.69) is 6.58 Å². The fourth-order valence-corrected chi connectivity index (χ4v) is 1.39. The highest BCUT2D eigenvalue weighted by atomic mass is 32.2. The number of amides is 1. The molecule has 0 saturated heterocycles. The van der Waals surface area contributed by atoms with Crippen molar-refractivity contribution in [3.8, 4) is 0 Å². The van der Waals surface area contributed by atoms with Gasteiger partial charge in [-0.05, 0) is 12.3 Å². The van der Waals surface area contributed by atoms with Crippen LogP contribution in [-0.2, 0) is 14.9 Å². The highest BCUT2D eigenvalue weighted by Crippen LogP contribution is 2.12. The van der Waals surface area contributed by atoms with Crippen LogP contribution >= 0.6 is 0 Å². The minimum atomic E-state index is -3.97. The van der Waals surface area contributed by atoms with Crippen LogP contribution < -0.4 is 5.73 Å². The van der Waals surface area contributed by atoms with E-state index in [9.17, 15) is 13.2 Å². The number of primary amides is 1. The average Bonchev–Trinajstić information content (AvgIpc) is 1.97. The predicted octanol–water partition coefficient (Wildman–Crippen LogP) is -0.0581. The normalized spacial score (nSPS) is 13.7. The molecule has 0 rings (SSSR count). The van der Waals surface area contributed by atoms with Crippen molar-refractivity contribution in [1.82, 2.24) is 0 Å². The quantitative estimate of drug-likeness (QED) is 0.487. The van der Waals surface area contributed by atoms with E-state index < -0.39 is 16.0 Å². The molecule has 0 aliphatic rings. The van der Waals surface area contributed by atoms with E-state index in [1.165, 1.54) is 0 Å². The standard InChI is InChI=1S/C7H13NO4S/c1-5(6(2)7(8)9)3-4-13(10,11)12/h5H,2-4H2,1H3,(H2,8,9)(H,10,11,12). The van der Waals surface area contributed by atoms with Gasteiger partial charge in [-0.2, -0.15) is 8.42 Å². The first-order valence-electron chi connectivity index (χ1n) is 3.68. The van der Waals surface area contributed by atoms with Crippen molar-refractivity contribution < 1.29 is 17.8 Å². The van der Waals surface area contributed by atoms with Gasteiger partial charge in [-0.3, -0.25) is 9.35 Å².